The van der Waals surface area contributed by atoms with Crippen LogP contribution in [0, 0.1) is 0 Å². The first kappa shape index (κ1) is 17.0. The van der Waals surface area contributed by atoms with E-state index < -0.39 is 30.0 Å². The molecule has 7 heteroatoms. The van der Waals surface area contributed by atoms with Crippen LogP contribution >= 0.6 is 0 Å². The molecule has 0 aliphatic carbocycles. The highest BCUT2D eigenvalue weighted by molar-refractivity contribution is 6.03. The topological polar surface area (TPSA) is 58.2 Å². The molecule has 2 amide bonds. The van der Waals surface area contributed by atoms with Crippen molar-refractivity contribution in [1.29, 1.82) is 0 Å². The lowest BCUT2D eigenvalue weighted by atomic mass is 10.1. The van der Waals surface area contributed by atoms with Gasteiger partial charge in [0.1, 0.15) is 6.42 Å². The van der Waals surface area contributed by atoms with Crippen molar-refractivity contribution in [3.05, 3.63) is 29.8 Å². The van der Waals surface area contributed by atoms with E-state index in [2.05, 4.69) is 10.6 Å². The Bertz CT molecular complexity index is 501. The summed E-state index contributed by atoms with van der Waals surface area (Å²) in [4.78, 5) is 23.0. The molecular formula is C14H17F3N2O2. The van der Waals surface area contributed by atoms with Crippen molar-refractivity contribution in [3.8, 4) is 0 Å². The van der Waals surface area contributed by atoms with Gasteiger partial charge in [-0.1, -0.05) is 25.5 Å². The predicted molar refractivity (Wildman–Crippen MR) is 72.6 cm³/mol. The molecule has 1 aromatic rings. The summed E-state index contributed by atoms with van der Waals surface area (Å²) in [6, 6.07) is 4.63. The zero-order valence-corrected chi connectivity index (χ0v) is 11.6. The van der Waals surface area contributed by atoms with Crippen LogP contribution in [0.25, 0.3) is 0 Å². The number of alkyl halides is 3. The van der Waals surface area contributed by atoms with Crippen LogP contribution in [-0.4, -0.2) is 18.4 Å². The van der Waals surface area contributed by atoms with Crippen LogP contribution in [0.3, 0.4) is 0 Å². The van der Waals surface area contributed by atoms with E-state index >= 15 is 0 Å². The number of amides is 2. The fraction of sp³-hybridized carbons (Fsp3) is 0.429. The predicted octanol–water partition coefficient (Wildman–Crippen LogP) is 2.95. The minimum absolute atomic E-state index is 0.351. The SMILES string of the molecule is CCCCNC(=O)CC(=O)Nc1ccccc1C(F)(F)F. The molecule has 0 heterocycles. The molecule has 0 fully saturated rings. The average Bonchev–Trinajstić information content (AvgIpc) is 2.38. The number of para-hydroxylation sites is 1. The van der Waals surface area contributed by atoms with Gasteiger partial charge in [-0.25, -0.2) is 0 Å². The lowest BCUT2D eigenvalue weighted by molar-refractivity contribution is -0.137. The van der Waals surface area contributed by atoms with Crippen molar-refractivity contribution in [2.24, 2.45) is 0 Å². The molecule has 1 rings (SSSR count). The molecule has 0 aromatic heterocycles. The number of anilines is 1. The van der Waals surface area contributed by atoms with E-state index in [4.69, 9.17) is 0 Å². The fourth-order valence-electron chi connectivity index (χ4n) is 1.65. The quantitative estimate of drug-likeness (QED) is 0.627. The molecule has 0 saturated carbocycles. The Hall–Kier alpha value is -2.05. The second kappa shape index (κ2) is 7.66. The van der Waals surface area contributed by atoms with Crippen LogP contribution in [0.15, 0.2) is 24.3 Å². The third kappa shape index (κ3) is 5.85. The lowest BCUT2D eigenvalue weighted by Gasteiger charge is -2.13. The minimum atomic E-state index is -4.56. The van der Waals surface area contributed by atoms with Gasteiger partial charge in [0.2, 0.25) is 11.8 Å². The van der Waals surface area contributed by atoms with Gasteiger partial charge in [0.15, 0.2) is 0 Å². The van der Waals surface area contributed by atoms with Crippen molar-refractivity contribution in [2.75, 3.05) is 11.9 Å². The van der Waals surface area contributed by atoms with Gasteiger partial charge in [-0.15, -0.1) is 0 Å². The molecule has 116 valence electrons. The molecular weight excluding hydrogens is 285 g/mol. The van der Waals surface area contributed by atoms with Crippen LogP contribution in [0.5, 0.6) is 0 Å². The van der Waals surface area contributed by atoms with Gasteiger partial charge in [-0.2, -0.15) is 13.2 Å². The monoisotopic (exact) mass is 302 g/mol. The first-order valence-corrected chi connectivity index (χ1v) is 6.57. The molecule has 0 saturated heterocycles. The molecule has 0 spiro atoms. The number of carbonyl (C=O) groups is 2. The van der Waals surface area contributed by atoms with Gasteiger partial charge in [0.05, 0.1) is 11.3 Å². The molecule has 0 unspecified atom stereocenters. The third-order valence-corrected chi connectivity index (χ3v) is 2.68. The van der Waals surface area contributed by atoms with Crippen molar-refractivity contribution in [1.82, 2.24) is 5.32 Å². The molecule has 1 aromatic carbocycles. The third-order valence-electron chi connectivity index (χ3n) is 2.68. The Morgan fingerprint density at radius 2 is 1.81 bits per heavy atom. The largest absolute Gasteiger partial charge is 0.418 e. The first-order chi connectivity index (χ1) is 9.84. The summed E-state index contributed by atoms with van der Waals surface area (Å²) in [5.41, 5.74) is -1.29. The van der Waals surface area contributed by atoms with Crippen molar-refractivity contribution < 1.29 is 22.8 Å². The smallest absolute Gasteiger partial charge is 0.356 e. The van der Waals surface area contributed by atoms with Gasteiger partial charge >= 0.3 is 6.18 Å². The summed E-state index contributed by atoms with van der Waals surface area (Å²) in [6.07, 6.45) is -3.39. The molecule has 0 radical (unpaired) electrons. The van der Waals surface area contributed by atoms with Crippen molar-refractivity contribution >= 4 is 17.5 Å². The first-order valence-electron chi connectivity index (χ1n) is 6.57. The van der Waals surface area contributed by atoms with E-state index in [1.54, 1.807) is 0 Å². The number of unbranched alkanes of at least 4 members (excludes halogenated alkanes) is 1. The number of hydrogen-bond acceptors (Lipinski definition) is 2. The number of halogens is 3. The molecule has 0 aliphatic heterocycles. The summed E-state index contributed by atoms with van der Waals surface area (Å²) in [7, 11) is 0. The lowest BCUT2D eigenvalue weighted by Crippen LogP contribution is -2.29. The van der Waals surface area contributed by atoms with Crippen molar-refractivity contribution in [3.63, 3.8) is 0 Å². The second-order valence-corrected chi connectivity index (χ2v) is 4.47. The average molecular weight is 302 g/mol. The summed E-state index contributed by atoms with van der Waals surface area (Å²) < 4.78 is 38.2. The zero-order valence-electron chi connectivity index (χ0n) is 11.6. The molecule has 2 N–H and O–H groups in total. The van der Waals surface area contributed by atoms with Crippen molar-refractivity contribution in [2.45, 2.75) is 32.4 Å². The van der Waals surface area contributed by atoms with Gasteiger partial charge in [-0.05, 0) is 18.6 Å². The van der Waals surface area contributed by atoms with Gasteiger partial charge in [-0.3, -0.25) is 9.59 Å². The summed E-state index contributed by atoms with van der Waals surface area (Å²) in [5.74, 6) is -1.29. The van der Waals surface area contributed by atoms with Crippen LogP contribution in [0.2, 0.25) is 0 Å². The Kier molecular flexibility index (Phi) is 6.20. The molecule has 4 nitrogen and oxygen atoms in total. The Balaban J connectivity index is 2.61. The highest BCUT2D eigenvalue weighted by Gasteiger charge is 2.33. The zero-order chi connectivity index (χ0) is 15.9. The fourth-order valence-corrected chi connectivity index (χ4v) is 1.65. The van der Waals surface area contributed by atoms with E-state index in [0.717, 1.165) is 25.0 Å². The molecule has 0 bridgehead atoms. The maximum Gasteiger partial charge on any atom is 0.418 e. The summed E-state index contributed by atoms with van der Waals surface area (Å²) in [5, 5.41) is 4.64. The number of benzene rings is 1. The molecule has 0 atom stereocenters. The Labute approximate surface area is 120 Å². The maximum atomic E-state index is 12.7. The molecule has 21 heavy (non-hydrogen) atoms. The minimum Gasteiger partial charge on any atom is -0.356 e. The van der Waals surface area contributed by atoms with E-state index in [1.165, 1.54) is 12.1 Å². The summed E-state index contributed by atoms with van der Waals surface area (Å²) >= 11 is 0. The van der Waals surface area contributed by atoms with Crippen LogP contribution in [-0.2, 0) is 15.8 Å². The number of rotatable bonds is 6. The van der Waals surface area contributed by atoms with Crippen LogP contribution in [0.4, 0.5) is 18.9 Å². The van der Waals surface area contributed by atoms with Crippen LogP contribution < -0.4 is 10.6 Å². The van der Waals surface area contributed by atoms with Crippen LogP contribution in [0.1, 0.15) is 31.7 Å². The Morgan fingerprint density at radius 3 is 2.43 bits per heavy atom. The van der Waals surface area contributed by atoms with E-state index in [1.807, 2.05) is 6.92 Å². The summed E-state index contributed by atoms with van der Waals surface area (Å²) in [6.45, 7) is 2.40. The Morgan fingerprint density at radius 1 is 1.14 bits per heavy atom. The standard InChI is InChI=1S/C14H17F3N2O2/c1-2-3-8-18-12(20)9-13(21)19-11-7-5-4-6-10(11)14(15,16)17/h4-7H,2-3,8-9H2,1H3,(H,18,20)(H,19,21). The number of carbonyl (C=O) groups excluding carboxylic acids is 2. The number of nitrogens with one attached hydrogen (secondary N) is 2. The highest BCUT2D eigenvalue weighted by atomic mass is 19.4. The molecule has 0 aliphatic rings. The van der Waals surface area contributed by atoms with Gasteiger partial charge in [0.25, 0.3) is 0 Å². The maximum absolute atomic E-state index is 12.7. The van der Waals surface area contributed by atoms with E-state index in [9.17, 15) is 22.8 Å². The van der Waals surface area contributed by atoms with E-state index in [0.29, 0.717) is 6.54 Å². The van der Waals surface area contributed by atoms with Gasteiger partial charge in [0, 0.05) is 6.54 Å². The van der Waals surface area contributed by atoms with E-state index in [-0.39, 0.29) is 5.69 Å². The van der Waals surface area contributed by atoms with Gasteiger partial charge < -0.3 is 10.6 Å². The number of hydrogen-bond donors (Lipinski definition) is 2. The highest BCUT2D eigenvalue weighted by Crippen LogP contribution is 2.34. The second-order valence-electron chi connectivity index (χ2n) is 4.47. The normalized spacial score (nSPS) is 11.0.